The molecule has 0 aromatic rings. The number of nitrogens with zero attached hydrogens (tertiary/aromatic N) is 1. The first kappa shape index (κ1) is 14.9. The van der Waals surface area contributed by atoms with Crippen molar-refractivity contribution in [1.29, 1.82) is 0 Å². The minimum atomic E-state index is -0.432. The quantitative estimate of drug-likeness (QED) is 0.645. The van der Waals surface area contributed by atoms with E-state index in [0.717, 1.165) is 26.2 Å². The Bertz CT molecular complexity index is 196. The lowest BCUT2D eigenvalue weighted by atomic mass is 10.2. The van der Waals surface area contributed by atoms with Crippen molar-refractivity contribution >= 4 is 0 Å². The number of ether oxygens (including phenoxy) is 2. The van der Waals surface area contributed by atoms with E-state index in [2.05, 4.69) is 10.2 Å². The summed E-state index contributed by atoms with van der Waals surface area (Å²) in [5.74, 6) is 0. The first-order valence-electron chi connectivity index (χ1n) is 6.38. The van der Waals surface area contributed by atoms with Gasteiger partial charge in [-0.15, -0.1) is 0 Å². The Morgan fingerprint density at radius 1 is 1.53 bits per heavy atom. The third-order valence-corrected chi connectivity index (χ3v) is 2.66. The van der Waals surface area contributed by atoms with Crippen LogP contribution in [0.4, 0.5) is 0 Å². The molecule has 1 heterocycles. The van der Waals surface area contributed by atoms with Crippen molar-refractivity contribution in [3.63, 3.8) is 0 Å². The van der Waals surface area contributed by atoms with Gasteiger partial charge >= 0.3 is 0 Å². The van der Waals surface area contributed by atoms with Gasteiger partial charge in [-0.3, -0.25) is 0 Å². The van der Waals surface area contributed by atoms with Gasteiger partial charge in [-0.25, -0.2) is 0 Å². The van der Waals surface area contributed by atoms with Crippen molar-refractivity contribution in [3.8, 4) is 0 Å². The number of morpholine rings is 1. The van der Waals surface area contributed by atoms with Crippen LogP contribution in [0.1, 0.15) is 13.8 Å². The van der Waals surface area contributed by atoms with E-state index in [0.29, 0.717) is 13.2 Å². The van der Waals surface area contributed by atoms with Gasteiger partial charge in [-0.05, 0) is 20.9 Å². The molecule has 0 bridgehead atoms. The lowest BCUT2D eigenvalue weighted by Gasteiger charge is -2.29. The molecule has 17 heavy (non-hydrogen) atoms. The van der Waals surface area contributed by atoms with Crippen LogP contribution >= 0.6 is 0 Å². The SMILES string of the molecule is CC(C)OCC(O)CN(C)CC1CNCCO1. The van der Waals surface area contributed by atoms with Gasteiger partial charge in [0.2, 0.25) is 0 Å². The van der Waals surface area contributed by atoms with Crippen molar-refractivity contribution in [2.24, 2.45) is 0 Å². The first-order valence-corrected chi connectivity index (χ1v) is 6.38. The summed E-state index contributed by atoms with van der Waals surface area (Å²) in [4.78, 5) is 2.09. The topological polar surface area (TPSA) is 54.0 Å². The van der Waals surface area contributed by atoms with E-state index in [9.17, 15) is 5.11 Å². The highest BCUT2D eigenvalue weighted by Crippen LogP contribution is 2.00. The van der Waals surface area contributed by atoms with Crippen LogP contribution in [0.3, 0.4) is 0 Å². The second kappa shape index (κ2) is 8.00. The molecule has 0 aromatic carbocycles. The highest BCUT2D eigenvalue weighted by atomic mass is 16.5. The Morgan fingerprint density at radius 3 is 2.88 bits per heavy atom. The maximum absolute atomic E-state index is 9.77. The molecule has 0 radical (unpaired) electrons. The van der Waals surface area contributed by atoms with Crippen molar-refractivity contribution < 1.29 is 14.6 Å². The first-order chi connectivity index (χ1) is 8.08. The average Bonchev–Trinajstić information content (AvgIpc) is 2.27. The van der Waals surface area contributed by atoms with Gasteiger partial charge < -0.3 is 24.8 Å². The molecule has 1 aliphatic rings. The fraction of sp³-hybridized carbons (Fsp3) is 1.00. The molecule has 1 fully saturated rings. The number of hydrogen-bond donors (Lipinski definition) is 2. The van der Waals surface area contributed by atoms with Crippen LogP contribution in [0.15, 0.2) is 0 Å². The number of rotatable bonds is 7. The molecule has 5 heteroatoms. The van der Waals surface area contributed by atoms with E-state index >= 15 is 0 Å². The van der Waals surface area contributed by atoms with E-state index in [4.69, 9.17) is 9.47 Å². The van der Waals surface area contributed by atoms with Crippen LogP contribution in [0.2, 0.25) is 0 Å². The normalized spacial score (nSPS) is 23.3. The molecule has 2 N–H and O–H groups in total. The molecular weight excluding hydrogens is 220 g/mol. The second-order valence-electron chi connectivity index (χ2n) is 4.95. The maximum atomic E-state index is 9.77. The lowest BCUT2D eigenvalue weighted by molar-refractivity contribution is -0.0225. The van der Waals surface area contributed by atoms with E-state index < -0.39 is 6.10 Å². The van der Waals surface area contributed by atoms with E-state index in [1.807, 2.05) is 20.9 Å². The van der Waals surface area contributed by atoms with E-state index in [1.54, 1.807) is 0 Å². The minimum absolute atomic E-state index is 0.167. The van der Waals surface area contributed by atoms with Crippen molar-refractivity contribution in [2.45, 2.75) is 32.2 Å². The van der Waals surface area contributed by atoms with Gasteiger partial charge in [0.1, 0.15) is 0 Å². The predicted octanol–water partition coefficient (Wildman–Crippen LogP) is -0.307. The second-order valence-corrected chi connectivity index (χ2v) is 4.95. The highest BCUT2D eigenvalue weighted by molar-refractivity contribution is 4.72. The summed E-state index contributed by atoms with van der Waals surface area (Å²) in [6.07, 6.45) is -0.0354. The third-order valence-electron chi connectivity index (χ3n) is 2.66. The molecule has 1 saturated heterocycles. The average molecular weight is 246 g/mol. The van der Waals surface area contributed by atoms with Gasteiger partial charge in [0.05, 0.1) is 31.5 Å². The highest BCUT2D eigenvalue weighted by Gasteiger charge is 2.17. The zero-order chi connectivity index (χ0) is 12.7. The Morgan fingerprint density at radius 2 is 2.29 bits per heavy atom. The summed E-state index contributed by atoms with van der Waals surface area (Å²) in [7, 11) is 2.00. The molecule has 0 aromatic heterocycles. The van der Waals surface area contributed by atoms with Gasteiger partial charge in [-0.2, -0.15) is 0 Å². The van der Waals surface area contributed by atoms with Gasteiger partial charge in [0.15, 0.2) is 0 Å². The predicted molar refractivity (Wildman–Crippen MR) is 67.2 cm³/mol. The summed E-state index contributed by atoms with van der Waals surface area (Å²) >= 11 is 0. The van der Waals surface area contributed by atoms with Crippen molar-refractivity contribution in [3.05, 3.63) is 0 Å². The molecule has 2 atom stereocenters. The molecule has 5 nitrogen and oxygen atoms in total. The maximum Gasteiger partial charge on any atom is 0.0900 e. The molecule has 2 unspecified atom stereocenters. The Hall–Kier alpha value is -0.200. The van der Waals surface area contributed by atoms with Crippen LogP contribution in [-0.2, 0) is 9.47 Å². The molecule has 1 rings (SSSR count). The van der Waals surface area contributed by atoms with Crippen LogP contribution < -0.4 is 5.32 Å². The van der Waals surface area contributed by atoms with E-state index in [-0.39, 0.29) is 12.2 Å². The molecule has 0 spiro atoms. The zero-order valence-corrected chi connectivity index (χ0v) is 11.2. The third kappa shape index (κ3) is 6.95. The Balaban J connectivity index is 2.12. The van der Waals surface area contributed by atoms with Crippen LogP contribution in [0.5, 0.6) is 0 Å². The van der Waals surface area contributed by atoms with Crippen LogP contribution in [0.25, 0.3) is 0 Å². The molecule has 0 amide bonds. The molecule has 0 aliphatic carbocycles. The largest absolute Gasteiger partial charge is 0.389 e. The fourth-order valence-electron chi connectivity index (χ4n) is 1.88. The van der Waals surface area contributed by atoms with Gasteiger partial charge in [0.25, 0.3) is 0 Å². The molecule has 1 aliphatic heterocycles. The van der Waals surface area contributed by atoms with Crippen molar-refractivity contribution in [1.82, 2.24) is 10.2 Å². The number of likely N-dealkylation sites (N-methyl/N-ethyl adjacent to an activating group) is 1. The van der Waals surface area contributed by atoms with Gasteiger partial charge in [0, 0.05) is 26.2 Å². The fourth-order valence-corrected chi connectivity index (χ4v) is 1.88. The van der Waals surface area contributed by atoms with Crippen molar-refractivity contribution in [2.75, 3.05) is 46.4 Å². The lowest BCUT2D eigenvalue weighted by Crippen LogP contribution is -2.46. The number of nitrogens with one attached hydrogen (secondary N) is 1. The van der Waals surface area contributed by atoms with Gasteiger partial charge in [-0.1, -0.05) is 0 Å². The summed E-state index contributed by atoms with van der Waals surface area (Å²) in [6.45, 7) is 8.39. The summed E-state index contributed by atoms with van der Waals surface area (Å²) in [6, 6.07) is 0. The standard InChI is InChI=1S/C12H26N2O3/c1-10(2)17-9-11(15)7-14(3)8-12-6-13-4-5-16-12/h10-13,15H,4-9H2,1-3H3. The summed E-state index contributed by atoms with van der Waals surface area (Å²) < 4.78 is 11.0. The zero-order valence-electron chi connectivity index (χ0n) is 11.2. The number of aliphatic hydroxyl groups is 1. The molecular formula is C12H26N2O3. The molecule has 102 valence electrons. The number of hydrogen-bond acceptors (Lipinski definition) is 5. The van der Waals surface area contributed by atoms with Crippen LogP contribution in [-0.4, -0.2) is 74.8 Å². The Labute approximate surface area is 104 Å². The monoisotopic (exact) mass is 246 g/mol. The summed E-state index contributed by atoms with van der Waals surface area (Å²) in [5.41, 5.74) is 0. The Kier molecular flexibility index (Phi) is 6.99. The molecule has 0 saturated carbocycles. The van der Waals surface area contributed by atoms with E-state index in [1.165, 1.54) is 0 Å². The number of aliphatic hydroxyl groups excluding tert-OH is 1. The summed E-state index contributed by atoms with van der Waals surface area (Å²) in [5, 5.41) is 13.1. The minimum Gasteiger partial charge on any atom is -0.389 e. The van der Waals surface area contributed by atoms with Crippen LogP contribution in [0, 0.1) is 0 Å². The smallest absolute Gasteiger partial charge is 0.0900 e.